The first-order chi connectivity index (χ1) is 12.8. The molecule has 0 aliphatic heterocycles. The first kappa shape index (κ1) is 15.8. The Morgan fingerprint density at radius 1 is 0.923 bits per heavy atom. The second-order valence-corrected chi connectivity index (χ2v) is 5.52. The van der Waals surface area contributed by atoms with Crippen LogP contribution in [0.3, 0.4) is 0 Å². The maximum absolute atomic E-state index is 5.15. The Morgan fingerprint density at radius 3 is 2.62 bits per heavy atom. The number of pyridine rings is 1. The molecular formula is C19H16N6O. The van der Waals surface area contributed by atoms with Crippen molar-refractivity contribution in [2.45, 2.75) is 0 Å². The van der Waals surface area contributed by atoms with Gasteiger partial charge in [-0.2, -0.15) is 10.1 Å². The van der Waals surface area contributed by atoms with Gasteiger partial charge in [-0.05, 0) is 36.4 Å². The first-order valence-electron chi connectivity index (χ1n) is 8.03. The number of anilines is 4. The molecule has 0 atom stereocenters. The molecule has 0 saturated carbocycles. The summed E-state index contributed by atoms with van der Waals surface area (Å²) in [6.45, 7) is 0. The number of rotatable bonds is 5. The Balaban J connectivity index is 1.57. The fourth-order valence-electron chi connectivity index (χ4n) is 2.56. The fraction of sp³-hybridized carbons (Fsp3) is 0.0526. The van der Waals surface area contributed by atoms with Crippen molar-refractivity contribution in [2.24, 2.45) is 0 Å². The monoisotopic (exact) mass is 344 g/mol. The van der Waals surface area contributed by atoms with Crippen molar-refractivity contribution in [1.29, 1.82) is 0 Å². The van der Waals surface area contributed by atoms with Crippen LogP contribution >= 0.6 is 0 Å². The molecule has 2 aromatic carbocycles. The summed E-state index contributed by atoms with van der Waals surface area (Å²) in [7, 11) is 1.63. The first-order valence-corrected chi connectivity index (χ1v) is 8.03. The third-order valence-electron chi connectivity index (χ3n) is 3.80. The van der Waals surface area contributed by atoms with Crippen LogP contribution in [0.1, 0.15) is 0 Å². The van der Waals surface area contributed by atoms with Crippen LogP contribution in [-0.2, 0) is 0 Å². The summed E-state index contributed by atoms with van der Waals surface area (Å²) >= 11 is 0. The minimum Gasteiger partial charge on any atom is -0.497 e. The Kier molecular flexibility index (Phi) is 4.26. The van der Waals surface area contributed by atoms with Crippen LogP contribution in [0.25, 0.3) is 10.9 Å². The average Bonchev–Trinajstić information content (AvgIpc) is 2.69. The summed E-state index contributed by atoms with van der Waals surface area (Å²) in [6.07, 6.45) is 3.34. The summed E-state index contributed by atoms with van der Waals surface area (Å²) in [5.41, 5.74) is 2.58. The van der Waals surface area contributed by atoms with Gasteiger partial charge in [-0.1, -0.05) is 18.2 Å². The lowest BCUT2D eigenvalue weighted by atomic mass is 10.2. The molecule has 0 amide bonds. The number of ether oxygens (including phenoxy) is 1. The number of nitrogens with one attached hydrogen (secondary N) is 2. The highest BCUT2D eigenvalue weighted by molar-refractivity contribution is 5.91. The topological polar surface area (TPSA) is 84.9 Å². The van der Waals surface area contributed by atoms with E-state index in [2.05, 4.69) is 30.8 Å². The van der Waals surface area contributed by atoms with Gasteiger partial charge in [0, 0.05) is 17.3 Å². The largest absolute Gasteiger partial charge is 0.497 e. The minimum atomic E-state index is 0.397. The zero-order chi connectivity index (χ0) is 17.8. The molecule has 0 aliphatic carbocycles. The highest BCUT2D eigenvalue weighted by atomic mass is 16.5. The lowest BCUT2D eigenvalue weighted by Crippen LogP contribution is -2.02. The Bertz CT molecular complexity index is 1030. The van der Waals surface area contributed by atoms with Crippen LogP contribution in [0.4, 0.5) is 23.1 Å². The highest BCUT2D eigenvalue weighted by Crippen LogP contribution is 2.24. The maximum atomic E-state index is 5.15. The number of hydrogen-bond donors (Lipinski definition) is 2. The van der Waals surface area contributed by atoms with E-state index in [1.165, 1.54) is 0 Å². The van der Waals surface area contributed by atoms with Crippen molar-refractivity contribution >= 4 is 34.0 Å². The number of methoxy groups -OCH3 is 1. The van der Waals surface area contributed by atoms with Gasteiger partial charge in [-0.25, -0.2) is 0 Å². The average molecular weight is 344 g/mol. The van der Waals surface area contributed by atoms with Gasteiger partial charge in [0.05, 0.1) is 24.5 Å². The number of fused-ring (bicyclic) bond motifs is 1. The maximum Gasteiger partial charge on any atom is 0.249 e. The summed E-state index contributed by atoms with van der Waals surface area (Å²) in [6, 6.07) is 17.4. The van der Waals surface area contributed by atoms with Gasteiger partial charge in [0.25, 0.3) is 0 Å². The van der Waals surface area contributed by atoms with E-state index in [1.807, 2.05) is 54.6 Å². The molecular weight excluding hydrogens is 328 g/mol. The van der Waals surface area contributed by atoms with Crippen LogP contribution in [0.15, 0.2) is 67.0 Å². The van der Waals surface area contributed by atoms with E-state index in [1.54, 1.807) is 19.5 Å². The second kappa shape index (κ2) is 7.02. The van der Waals surface area contributed by atoms with Gasteiger partial charge in [0.1, 0.15) is 5.75 Å². The highest BCUT2D eigenvalue weighted by Gasteiger charge is 2.05. The van der Waals surface area contributed by atoms with Crippen molar-refractivity contribution < 1.29 is 4.74 Å². The van der Waals surface area contributed by atoms with Crippen LogP contribution in [-0.4, -0.2) is 27.3 Å². The van der Waals surface area contributed by atoms with Crippen molar-refractivity contribution in [3.05, 3.63) is 67.0 Å². The molecule has 0 spiro atoms. The van der Waals surface area contributed by atoms with E-state index in [0.717, 1.165) is 28.0 Å². The Hall–Kier alpha value is -3.74. The molecule has 0 unspecified atom stereocenters. The van der Waals surface area contributed by atoms with E-state index < -0.39 is 0 Å². The SMILES string of the molecule is COc1ccc(Nc2nncc(Nc3cccc4cccnc34)n2)cc1. The predicted octanol–water partition coefficient (Wildman–Crippen LogP) is 3.92. The number of aromatic nitrogens is 4. The van der Waals surface area contributed by atoms with Crippen LogP contribution < -0.4 is 15.4 Å². The standard InChI is InChI=1S/C19H16N6O/c1-26-15-9-7-14(8-10-15)22-19-24-17(12-21-25-19)23-16-6-2-4-13-5-3-11-20-18(13)16/h2-12H,1H3,(H2,22,23,24,25). The lowest BCUT2D eigenvalue weighted by Gasteiger charge is -2.09. The van der Waals surface area contributed by atoms with Gasteiger partial charge in [0.2, 0.25) is 5.95 Å². The predicted molar refractivity (Wildman–Crippen MR) is 101 cm³/mol. The second-order valence-electron chi connectivity index (χ2n) is 5.52. The van der Waals surface area contributed by atoms with Gasteiger partial charge >= 0.3 is 0 Å². The summed E-state index contributed by atoms with van der Waals surface area (Å²) in [5.74, 6) is 1.76. The van der Waals surface area contributed by atoms with Crippen LogP contribution in [0.2, 0.25) is 0 Å². The lowest BCUT2D eigenvalue weighted by molar-refractivity contribution is 0.415. The molecule has 0 bridgehead atoms. The number of para-hydroxylation sites is 1. The molecule has 2 N–H and O–H groups in total. The van der Waals surface area contributed by atoms with Gasteiger partial charge in [-0.15, -0.1) is 5.10 Å². The Labute approximate surface area is 150 Å². The van der Waals surface area contributed by atoms with E-state index in [9.17, 15) is 0 Å². The summed E-state index contributed by atoms with van der Waals surface area (Å²) < 4.78 is 5.15. The fourth-order valence-corrected chi connectivity index (χ4v) is 2.56. The molecule has 0 radical (unpaired) electrons. The van der Waals surface area contributed by atoms with E-state index in [0.29, 0.717) is 11.8 Å². The van der Waals surface area contributed by atoms with Crippen molar-refractivity contribution in [3.63, 3.8) is 0 Å². The molecule has 4 aromatic rings. The normalized spacial score (nSPS) is 10.5. The van der Waals surface area contributed by atoms with E-state index in [4.69, 9.17) is 4.74 Å². The number of hydrogen-bond acceptors (Lipinski definition) is 7. The summed E-state index contributed by atoms with van der Waals surface area (Å²) in [5, 5.41) is 15.5. The van der Waals surface area contributed by atoms with E-state index >= 15 is 0 Å². The van der Waals surface area contributed by atoms with Crippen molar-refractivity contribution in [2.75, 3.05) is 17.7 Å². The van der Waals surface area contributed by atoms with Gasteiger partial charge in [0.15, 0.2) is 5.82 Å². The zero-order valence-electron chi connectivity index (χ0n) is 14.0. The molecule has 0 fully saturated rings. The Morgan fingerprint density at radius 2 is 1.77 bits per heavy atom. The number of nitrogens with zero attached hydrogens (tertiary/aromatic N) is 4. The van der Waals surface area contributed by atoms with Crippen LogP contribution in [0.5, 0.6) is 5.75 Å². The molecule has 4 rings (SSSR count). The smallest absolute Gasteiger partial charge is 0.249 e. The number of benzene rings is 2. The molecule has 2 heterocycles. The molecule has 0 aliphatic rings. The molecule has 7 heteroatoms. The third kappa shape index (κ3) is 3.36. The third-order valence-corrected chi connectivity index (χ3v) is 3.80. The minimum absolute atomic E-state index is 0.397. The van der Waals surface area contributed by atoms with Crippen LogP contribution in [0, 0.1) is 0 Å². The van der Waals surface area contributed by atoms with Gasteiger partial charge in [-0.3, -0.25) is 4.98 Å². The van der Waals surface area contributed by atoms with Gasteiger partial charge < -0.3 is 15.4 Å². The zero-order valence-corrected chi connectivity index (χ0v) is 14.0. The van der Waals surface area contributed by atoms with Crippen molar-refractivity contribution in [1.82, 2.24) is 20.2 Å². The molecule has 7 nitrogen and oxygen atoms in total. The van der Waals surface area contributed by atoms with E-state index in [-0.39, 0.29) is 0 Å². The summed E-state index contributed by atoms with van der Waals surface area (Å²) in [4.78, 5) is 8.89. The quantitative estimate of drug-likeness (QED) is 0.567. The molecule has 128 valence electrons. The molecule has 26 heavy (non-hydrogen) atoms. The van der Waals surface area contributed by atoms with Crippen molar-refractivity contribution in [3.8, 4) is 5.75 Å². The molecule has 0 saturated heterocycles. The molecule has 2 aromatic heterocycles.